The van der Waals surface area contributed by atoms with Crippen LogP contribution in [0.2, 0.25) is 0 Å². The third-order valence-corrected chi connectivity index (χ3v) is 3.86. The van der Waals surface area contributed by atoms with Crippen molar-refractivity contribution in [2.24, 2.45) is 11.3 Å². The highest BCUT2D eigenvalue weighted by atomic mass is 16.4. The number of carboxylic acids is 2. The van der Waals surface area contributed by atoms with E-state index in [1.807, 2.05) is 0 Å². The predicted octanol–water partition coefficient (Wildman–Crippen LogP) is 4.33. The molecule has 118 valence electrons. The molecule has 0 fully saturated rings. The van der Waals surface area contributed by atoms with Gasteiger partial charge in [0.1, 0.15) is 0 Å². The molecule has 0 aromatic heterocycles. The smallest absolute Gasteiger partial charge is 0.303 e. The number of hydrogen-bond acceptors (Lipinski definition) is 2. The van der Waals surface area contributed by atoms with E-state index in [0.29, 0.717) is 5.92 Å². The molecule has 0 radical (unpaired) electrons. The van der Waals surface area contributed by atoms with Crippen LogP contribution < -0.4 is 0 Å². The number of hydrogen-bond donors (Lipinski definition) is 2. The molecule has 4 nitrogen and oxygen atoms in total. The average molecular weight is 286 g/mol. The molecule has 0 saturated heterocycles. The van der Waals surface area contributed by atoms with Gasteiger partial charge in [-0.2, -0.15) is 0 Å². The summed E-state index contributed by atoms with van der Waals surface area (Å²) in [6.45, 7) is 6.63. The SMILES string of the molecule is CC(C)(C)C(CCCCCCC(=O)O)CCCC(=O)O. The molecule has 20 heavy (non-hydrogen) atoms. The second-order valence-corrected chi connectivity index (χ2v) is 6.70. The zero-order valence-electron chi connectivity index (χ0n) is 13.2. The molecule has 1 unspecified atom stereocenters. The van der Waals surface area contributed by atoms with Crippen LogP contribution in [0.25, 0.3) is 0 Å². The lowest BCUT2D eigenvalue weighted by Crippen LogP contribution is -2.20. The van der Waals surface area contributed by atoms with Crippen LogP contribution in [-0.2, 0) is 9.59 Å². The van der Waals surface area contributed by atoms with Gasteiger partial charge in [-0.15, -0.1) is 0 Å². The van der Waals surface area contributed by atoms with Crippen molar-refractivity contribution >= 4 is 11.9 Å². The van der Waals surface area contributed by atoms with Crippen molar-refractivity contribution in [3.8, 4) is 0 Å². The maximum absolute atomic E-state index is 10.6. The minimum absolute atomic E-state index is 0.208. The van der Waals surface area contributed by atoms with Crippen molar-refractivity contribution in [1.82, 2.24) is 0 Å². The lowest BCUT2D eigenvalue weighted by Gasteiger charge is -2.31. The van der Waals surface area contributed by atoms with E-state index in [0.717, 1.165) is 44.9 Å². The second kappa shape index (κ2) is 9.78. The van der Waals surface area contributed by atoms with Crippen LogP contribution in [0.5, 0.6) is 0 Å². The van der Waals surface area contributed by atoms with Crippen molar-refractivity contribution in [2.75, 3.05) is 0 Å². The zero-order valence-corrected chi connectivity index (χ0v) is 13.2. The first-order valence-corrected chi connectivity index (χ1v) is 7.67. The molecule has 0 rings (SSSR count). The summed E-state index contributed by atoms with van der Waals surface area (Å²) >= 11 is 0. The van der Waals surface area contributed by atoms with Gasteiger partial charge in [0.05, 0.1) is 0 Å². The molecule has 2 N–H and O–H groups in total. The maximum atomic E-state index is 10.6. The van der Waals surface area contributed by atoms with Gasteiger partial charge in [-0.05, 0) is 37.0 Å². The molecule has 0 bridgehead atoms. The molecule has 0 heterocycles. The highest BCUT2D eigenvalue weighted by Crippen LogP contribution is 2.34. The summed E-state index contributed by atoms with van der Waals surface area (Å²) in [5.41, 5.74) is 0.208. The average Bonchev–Trinajstić information content (AvgIpc) is 2.28. The summed E-state index contributed by atoms with van der Waals surface area (Å²) in [5, 5.41) is 17.3. The maximum Gasteiger partial charge on any atom is 0.303 e. The van der Waals surface area contributed by atoms with E-state index in [4.69, 9.17) is 10.2 Å². The molecule has 0 aliphatic rings. The Kier molecular flexibility index (Phi) is 9.26. The Morgan fingerprint density at radius 1 is 0.800 bits per heavy atom. The van der Waals surface area contributed by atoms with Crippen LogP contribution in [-0.4, -0.2) is 22.2 Å². The quantitative estimate of drug-likeness (QED) is 0.554. The van der Waals surface area contributed by atoms with Crippen molar-refractivity contribution in [2.45, 2.75) is 78.6 Å². The van der Waals surface area contributed by atoms with Crippen LogP contribution in [0.15, 0.2) is 0 Å². The first-order chi connectivity index (χ1) is 9.23. The Bertz CT molecular complexity index is 291. The van der Waals surface area contributed by atoms with Crippen LogP contribution in [0.1, 0.15) is 78.6 Å². The van der Waals surface area contributed by atoms with Gasteiger partial charge in [-0.1, -0.05) is 40.0 Å². The lowest BCUT2D eigenvalue weighted by atomic mass is 9.75. The van der Waals surface area contributed by atoms with Crippen LogP contribution in [0.4, 0.5) is 0 Å². The highest BCUT2D eigenvalue weighted by Gasteiger charge is 2.23. The van der Waals surface area contributed by atoms with Crippen molar-refractivity contribution in [1.29, 1.82) is 0 Å². The lowest BCUT2D eigenvalue weighted by molar-refractivity contribution is -0.138. The summed E-state index contributed by atoms with van der Waals surface area (Å²) in [6.07, 6.45) is 7.24. The molecule has 0 aromatic rings. The third kappa shape index (κ3) is 10.8. The van der Waals surface area contributed by atoms with Crippen LogP contribution in [0.3, 0.4) is 0 Å². The number of aliphatic carboxylic acids is 2. The fourth-order valence-electron chi connectivity index (χ4n) is 2.53. The Balaban J connectivity index is 3.88. The highest BCUT2D eigenvalue weighted by molar-refractivity contribution is 5.66. The van der Waals surface area contributed by atoms with Crippen molar-refractivity contribution in [3.05, 3.63) is 0 Å². The number of unbranched alkanes of at least 4 members (excludes halogenated alkanes) is 3. The summed E-state index contributed by atoms with van der Waals surface area (Å²) in [5.74, 6) is -0.890. The minimum atomic E-state index is -0.716. The molecule has 1 atom stereocenters. The van der Waals surface area contributed by atoms with E-state index in [9.17, 15) is 9.59 Å². The van der Waals surface area contributed by atoms with Gasteiger partial charge in [-0.3, -0.25) is 9.59 Å². The van der Waals surface area contributed by atoms with E-state index in [1.54, 1.807) is 0 Å². The van der Waals surface area contributed by atoms with Gasteiger partial charge < -0.3 is 10.2 Å². The molecule has 0 amide bonds. The van der Waals surface area contributed by atoms with Gasteiger partial charge in [0.15, 0.2) is 0 Å². The van der Waals surface area contributed by atoms with Gasteiger partial charge in [0, 0.05) is 12.8 Å². The van der Waals surface area contributed by atoms with Crippen molar-refractivity contribution < 1.29 is 19.8 Å². The van der Waals surface area contributed by atoms with E-state index in [-0.39, 0.29) is 18.3 Å². The standard InChI is InChI=1S/C16H30O4/c1-16(2,3)13(10-8-12-15(19)20)9-6-4-5-7-11-14(17)18/h13H,4-12H2,1-3H3,(H,17,18)(H,19,20). The van der Waals surface area contributed by atoms with Gasteiger partial charge >= 0.3 is 11.9 Å². The van der Waals surface area contributed by atoms with E-state index in [1.165, 1.54) is 0 Å². The molecular formula is C16H30O4. The number of carboxylic acid groups (broad SMARTS) is 2. The normalized spacial score (nSPS) is 13.2. The summed E-state index contributed by atoms with van der Waals surface area (Å²) in [7, 11) is 0. The monoisotopic (exact) mass is 286 g/mol. The molecule has 0 spiro atoms. The molecule has 0 saturated carbocycles. The molecule has 0 aliphatic heterocycles. The summed E-state index contributed by atoms with van der Waals surface area (Å²) < 4.78 is 0. The first kappa shape index (κ1) is 18.9. The third-order valence-electron chi connectivity index (χ3n) is 3.86. The van der Waals surface area contributed by atoms with Crippen LogP contribution in [0, 0.1) is 11.3 Å². The van der Waals surface area contributed by atoms with E-state index in [2.05, 4.69) is 20.8 Å². The minimum Gasteiger partial charge on any atom is -0.481 e. The molecule has 0 aliphatic carbocycles. The van der Waals surface area contributed by atoms with E-state index >= 15 is 0 Å². The molecule has 0 aromatic carbocycles. The number of carbonyl (C=O) groups is 2. The Morgan fingerprint density at radius 3 is 1.75 bits per heavy atom. The predicted molar refractivity (Wildman–Crippen MR) is 79.8 cm³/mol. The van der Waals surface area contributed by atoms with Crippen LogP contribution >= 0.6 is 0 Å². The Labute approximate surface area is 122 Å². The molecular weight excluding hydrogens is 256 g/mol. The zero-order chi connectivity index (χ0) is 15.6. The van der Waals surface area contributed by atoms with E-state index < -0.39 is 11.9 Å². The van der Waals surface area contributed by atoms with Crippen molar-refractivity contribution in [3.63, 3.8) is 0 Å². The number of rotatable bonds is 11. The van der Waals surface area contributed by atoms with Gasteiger partial charge in [0.25, 0.3) is 0 Å². The molecule has 4 heteroatoms. The first-order valence-electron chi connectivity index (χ1n) is 7.67. The Hall–Kier alpha value is -1.06. The fraction of sp³-hybridized carbons (Fsp3) is 0.875. The van der Waals surface area contributed by atoms with Gasteiger partial charge in [0.2, 0.25) is 0 Å². The van der Waals surface area contributed by atoms with Gasteiger partial charge in [-0.25, -0.2) is 0 Å². The topological polar surface area (TPSA) is 74.6 Å². The summed E-state index contributed by atoms with van der Waals surface area (Å²) in [6, 6.07) is 0. The fourth-order valence-corrected chi connectivity index (χ4v) is 2.53. The Morgan fingerprint density at radius 2 is 1.25 bits per heavy atom. The summed E-state index contributed by atoms with van der Waals surface area (Å²) in [4.78, 5) is 21.0. The largest absolute Gasteiger partial charge is 0.481 e. The second-order valence-electron chi connectivity index (χ2n) is 6.70.